The molecule has 0 bridgehead atoms. The second-order valence-corrected chi connectivity index (χ2v) is 3.90. The molecule has 2 aromatic rings. The van der Waals surface area contributed by atoms with E-state index in [1.54, 1.807) is 13.0 Å². The average Bonchev–Trinajstić information content (AvgIpc) is 2.76. The molecule has 2 rings (SSSR count). The van der Waals surface area contributed by atoms with Crippen LogP contribution in [-0.4, -0.2) is 5.91 Å². The minimum Gasteiger partial charge on any atom is -0.469 e. The summed E-state index contributed by atoms with van der Waals surface area (Å²) in [4.78, 5) is 11.9. The van der Waals surface area contributed by atoms with Crippen molar-refractivity contribution in [3.05, 3.63) is 53.5 Å². The Morgan fingerprint density at radius 1 is 1.24 bits per heavy atom. The number of rotatable bonds is 3. The highest BCUT2D eigenvalue weighted by Crippen LogP contribution is 2.14. The summed E-state index contributed by atoms with van der Waals surface area (Å²) in [6.45, 7) is 3.87. The first-order chi connectivity index (χ1) is 8.20. The zero-order chi connectivity index (χ0) is 12.3. The van der Waals surface area contributed by atoms with E-state index in [0.717, 1.165) is 12.1 Å². The molecular weight excluding hydrogens is 214 g/mol. The Labute approximate surface area is 100 Å². The van der Waals surface area contributed by atoms with Gasteiger partial charge in [0.1, 0.15) is 5.76 Å². The lowest BCUT2D eigenvalue weighted by Gasteiger charge is -2.05. The van der Waals surface area contributed by atoms with Crippen molar-refractivity contribution in [3.63, 3.8) is 0 Å². The molecule has 0 spiro atoms. The van der Waals surface area contributed by atoms with Crippen molar-refractivity contribution in [1.29, 1.82) is 0 Å². The van der Waals surface area contributed by atoms with E-state index < -0.39 is 0 Å². The number of amides is 1. The Hall–Kier alpha value is -2.03. The minimum absolute atomic E-state index is 0.138. The lowest BCUT2D eigenvalue weighted by atomic mass is 10.1. The van der Waals surface area contributed by atoms with E-state index in [2.05, 4.69) is 12.2 Å². The highest BCUT2D eigenvalue weighted by Gasteiger charge is 2.11. The summed E-state index contributed by atoms with van der Waals surface area (Å²) < 4.78 is 5.10. The summed E-state index contributed by atoms with van der Waals surface area (Å²) in [7, 11) is 0. The van der Waals surface area contributed by atoms with Crippen LogP contribution in [0.2, 0.25) is 0 Å². The molecule has 0 atom stereocenters. The maximum Gasteiger partial charge on any atom is 0.259 e. The van der Waals surface area contributed by atoms with Crippen molar-refractivity contribution in [1.82, 2.24) is 0 Å². The SMILES string of the molecule is CCc1ccc(NC(=O)c2ccoc2C)cc1. The molecule has 0 radical (unpaired) electrons. The van der Waals surface area contributed by atoms with Crippen LogP contribution in [-0.2, 0) is 6.42 Å². The minimum atomic E-state index is -0.138. The molecular formula is C14H15NO2. The number of anilines is 1. The number of carbonyl (C=O) groups is 1. The van der Waals surface area contributed by atoms with Crippen LogP contribution in [0.5, 0.6) is 0 Å². The largest absolute Gasteiger partial charge is 0.469 e. The van der Waals surface area contributed by atoms with Crippen molar-refractivity contribution < 1.29 is 9.21 Å². The van der Waals surface area contributed by atoms with Gasteiger partial charge in [0.15, 0.2) is 0 Å². The summed E-state index contributed by atoms with van der Waals surface area (Å²) in [5, 5.41) is 2.84. The maximum atomic E-state index is 11.9. The first-order valence-electron chi connectivity index (χ1n) is 5.65. The van der Waals surface area contributed by atoms with Crippen molar-refractivity contribution in [3.8, 4) is 0 Å². The van der Waals surface area contributed by atoms with E-state index in [-0.39, 0.29) is 5.91 Å². The van der Waals surface area contributed by atoms with Gasteiger partial charge >= 0.3 is 0 Å². The van der Waals surface area contributed by atoms with Gasteiger partial charge in [0.05, 0.1) is 11.8 Å². The highest BCUT2D eigenvalue weighted by molar-refractivity contribution is 6.04. The first kappa shape index (κ1) is 11.5. The number of aryl methyl sites for hydroxylation is 2. The molecule has 0 aliphatic rings. The van der Waals surface area contributed by atoms with E-state index in [9.17, 15) is 4.79 Å². The van der Waals surface area contributed by atoms with Crippen molar-refractivity contribution in [2.75, 3.05) is 5.32 Å². The lowest BCUT2D eigenvalue weighted by molar-refractivity contribution is 0.102. The van der Waals surface area contributed by atoms with Crippen molar-refractivity contribution >= 4 is 11.6 Å². The number of hydrogen-bond acceptors (Lipinski definition) is 2. The average molecular weight is 229 g/mol. The molecule has 1 aromatic heterocycles. The second-order valence-electron chi connectivity index (χ2n) is 3.90. The summed E-state index contributed by atoms with van der Waals surface area (Å²) in [6, 6.07) is 9.51. The standard InChI is InChI=1S/C14H15NO2/c1-3-11-4-6-12(7-5-11)15-14(16)13-8-9-17-10(13)2/h4-9H,3H2,1-2H3,(H,15,16). The van der Waals surface area contributed by atoms with E-state index in [4.69, 9.17) is 4.42 Å². The fourth-order valence-electron chi connectivity index (χ4n) is 1.64. The molecule has 1 aromatic carbocycles. The van der Waals surface area contributed by atoms with E-state index in [1.807, 2.05) is 24.3 Å². The number of benzene rings is 1. The van der Waals surface area contributed by atoms with Gasteiger partial charge in [0, 0.05) is 5.69 Å². The predicted octanol–water partition coefficient (Wildman–Crippen LogP) is 3.40. The third-order valence-corrected chi connectivity index (χ3v) is 2.72. The molecule has 1 N–H and O–H groups in total. The van der Waals surface area contributed by atoms with Gasteiger partial charge in [-0.15, -0.1) is 0 Å². The van der Waals surface area contributed by atoms with Gasteiger partial charge in [0.2, 0.25) is 0 Å². The normalized spacial score (nSPS) is 10.2. The van der Waals surface area contributed by atoms with Gasteiger partial charge in [-0.2, -0.15) is 0 Å². The van der Waals surface area contributed by atoms with Crippen LogP contribution in [0.3, 0.4) is 0 Å². The van der Waals surface area contributed by atoms with Gasteiger partial charge < -0.3 is 9.73 Å². The smallest absolute Gasteiger partial charge is 0.259 e. The molecule has 1 heterocycles. The van der Waals surface area contributed by atoms with Crippen LogP contribution in [0.15, 0.2) is 41.0 Å². The molecule has 0 saturated carbocycles. The third kappa shape index (κ3) is 2.56. The van der Waals surface area contributed by atoms with Gasteiger partial charge in [-0.25, -0.2) is 0 Å². The topological polar surface area (TPSA) is 42.2 Å². The van der Waals surface area contributed by atoms with Crippen molar-refractivity contribution in [2.24, 2.45) is 0 Å². The lowest BCUT2D eigenvalue weighted by Crippen LogP contribution is -2.11. The van der Waals surface area contributed by atoms with Crippen LogP contribution >= 0.6 is 0 Å². The summed E-state index contributed by atoms with van der Waals surface area (Å²) in [5.74, 6) is 0.494. The van der Waals surface area contributed by atoms with Crippen LogP contribution in [0, 0.1) is 6.92 Å². The Balaban J connectivity index is 2.10. The summed E-state index contributed by atoms with van der Waals surface area (Å²) in [6.07, 6.45) is 2.51. The molecule has 0 aliphatic carbocycles. The number of furan rings is 1. The van der Waals surface area contributed by atoms with Gasteiger partial charge in [-0.1, -0.05) is 19.1 Å². The summed E-state index contributed by atoms with van der Waals surface area (Å²) >= 11 is 0. The molecule has 17 heavy (non-hydrogen) atoms. The zero-order valence-electron chi connectivity index (χ0n) is 9.99. The molecule has 0 saturated heterocycles. The Morgan fingerprint density at radius 2 is 1.94 bits per heavy atom. The Bertz CT molecular complexity index is 511. The summed E-state index contributed by atoms with van der Waals surface area (Å²) in [5.41, 5.74) is 2.62. The third-order valence-electron chi connectivity index (χ3n) is 2.72. The Kier molecular flexibility index (Phi) is 3.28. The predicted molar refractivity (Wildman–Crippen MR) is 67.2 cm³/mol. The molecule has 88 valence electrons. The van der Waals surface area contributed by atoms with Crippen molar-refractivity contribution in [2.45, 2.75) is 20.3 Å². The van der Waals surface area contributed by atoms with E-state index >= 15 is 0 Å². The highest BCUT2D eigenvalue weighted by atomic mass is 16.3. The molecule has 1 amide bonds. The fourth-order valence-corrected chi connectivity index (χ4v) is 1.64. The first-order valence-corrected chi connectivity index (χ1v) is 5.65. The molecule has 0 unspecified atom stereocenters. The number of carbonyl (C=O) groups excluding carboxylic acids is 1. The number of hydrogen-bond donors (Lipinski definition) is 1. The van der Waals surface area contributed by atoms with Gasteiger partial charge in [-0.3, -0.25) is 4.79 Å². The number of nitrogens with one attached hydrogen (secondary N) is 1. The van der Waals surface area contributed by atoms with Gasteiger partial charge in [0.25, 0.3) is 5.91 Å². The molecule has 3 nitrogen and oxygen atoms in total. The van der Waals surface area contributed by atoms with Crippen LogP contribution in [0.25, 0.3) is 0 Å². The quantitative estimate of drug-likeness (QED) is 0.876. The zero-order valence-corrected chi connectivity index (χ0v) is 9.99. The maximum absolute atomic E-state index is 11.9. The van der Waals surface area contributed by atoms with Gasteiger partial charge in [-0.05, 0) is 37.1 Å². The monoisotopic (exact) mass is 229 g/mol. The molecule has 0 fully saturated rings. The van der Waals surface area contributed by atoms with E-state index in [0.29, 0.717) is 11.3 Å². The molecule has 3 heteroatoms. The van der Waals surface area contributed by atoms with Crippen LogP contribution < -0.4 is 5.32 Å². The second kappa shape index (κ2) is 4.87. The Morgan fingerprint density at radius 3 is 2.47 bits per heavy atom. The van der Waals surface area contributed by atoms with Crippen LogP contribution in [0.4, 0.5) is 5.69 Å². The molecule has 0 aliphatic heterocycles. The van der Waals surface area contributed by atoms with E-state index in [1.165, 1.54) is 11.8 Å². The van der Waals surface area contributed by atoms with Crippen LogP contribution in [0.1, 0.15) is 28.6 Å². The fraction of sp³-hybridized carbons (Fsp3) is 0.214.